The summed E-state index contributed by atoms with van der Waals surface area (Å²) in [6.45, 7) is 2.14. The average Bonchev–Trinajstić information content (AvgIpc) is 2.38. The molecule has 0 aliphatic heterocycles. The van der Waals surface area contributed by atoms with Gasteiger partial charge in [-0.3, -0.25) is 10.0 Å². The van der Waals surface area contributed by atoms with Crippen molar-refractivity contribution in [2.45, 2.75) is 19.8 Å². The Balaban J connectivity index is 2.49. The lowest BCUT2D eigenvalue weighted by molar-refractivity contribution is 0.0706. The highest BCUT2D eigenvalue weighted by molar-refractivity contribution is 7.89. The van der Waals surface area contributed by atoms with Crippen LogP contribution in [-0.4, -0.2) is 31.8 Å². The first-order chi connectivity index (χ1) is 8.98. The Bertz CT molecular complexity index is 511. The molecule has 1 rings (SSSR count). The summed E-state index contributed by atoms with van der Waals surface area (Å²) in [4.78, 5) is 11.1. The highest BCUT2D eigenvalue weighted by Gasteiger charge is 2.07. The minimum Gasteiger partial charge on any atom is -0.288 e. The normalized spacial score (nSPS) is 11.3. The Morgan fingerprint density at radius 1 is 1.26 bits per heavy atom. The van der Waals surface area contributed by atoms with Crippen LogP contribution in [0.25, 0.3) is 0 Å². The maximum absolute atomic E-state index is 11.4. The standard InChI is InChI=1S/C12H18N2O4S/c1-2-9-19(17,18)13-8-7-10-3-5-11(6-4-10)12(15)14-16/h3-6,13,16H,2,7-9H2,1H3,(H,14,15). The minimum absolute atomic E-state index is 0.128. The van der Waals surface area contributed by atoms with Gasteiger partial charge in [-0.05, 0) is 30.5 Å². The van der Waals surface area contributed by atoms with Crippen LogP contribution in [-0.2, 0) is 16.4 Å². The molecule has 0 aliphatic carbocycles. The topological polar surface area (TPSA) is 95.5 Å². The van der Waals surface area contributed by atoms with Crippen LogP contribution >= 0.6 is 0 Å². The Labute approximate surface area is 112 Å². The molecule has 0 spiro atoms. The highest BCUT2D eigenvalue weighted by atomic mass is 32.2. The van der Waals surface area contributed by atoms with E-state index in [-0.39, 0.29) is 5.75 Å². The van der Waals surface area contributed by atoms with E-state index in [1.165, 1.54) is 0 Å². The maximum Gasteiger partial charge on any atom is 0.274 e. The van der Waals surface area contributed by atoms with Crippen LogP contribution in [0.3, 0.4) is 0 Å². The number of benzene rings is 1. The van der Waals surface area contributed by atoms with Gasteiger partial charge in [-0.25, -0.2) is 18.6 Å². The van der Waals surface area contributed by atoms with Gasteiger partial charge in [0.2, 0.25) is 10.0 Å². The zero-order valence-electron chi connectivity index (χ0n) is 10.7. The molecule has 0 saturated carbocycles. The van der Waals surface area contributed by atoms with Gasteiger partial charge in [0, 0.05) is 12.1 Å². The van der Waals surface area contributed by atoms with Gasteiger partial charge < -0.3 is 0 Å². The Hall–Kier alpha value is -1.44. The summed E-state index contributed by atoms with van der Waals surface area (Å²) >= 11 is 0. The summed E-state index contributed by atoms with van der Waals surface area (Å²) in [5.74, 6) is -0.446. The first kappa shape index (κ1) is 15.6. The molecule has 0 fully saturated rings. The monoisotopic (exact) mass is 286 g/mol. The fourth-order valence-electron chi connectivity index (χ4n) is 1.58. The first-order valence-electron chi connectivity index (χ1n) is 5.99. The molecule has 1 aromatic carbocycles. The third kappa shape index (κ3) is 5.37. The van der Waals surface area contributed by atoms with Crippen LogP contribution in [0.2, 0.25) is 0 Å². The van der Waals surface area contributed by atoms with Crippen molar-refractivity contribution in [1.82, 2.24) is 10.2 Å². The third-order valence-corrected chi connectivity index (χ3v) is 4.12. The van der Waals surface area contributed by atoms with Gasteiger partial charge in [0.05, 0.1) is 5.75 Å². The van der Waals surface area contributed by atoms with Crippen LogP contribution in [0.4, 0.5) is 0 Å². The van der Waals surface area contributed by atoms with Crippen LogP contribution < -0.4 is 10.2 Å². The van der Waals surface area contributed by atoms with Gasteiger partial charge in [-0.1, -0.05) is 19.1 Å². The zero-order valence-corrected chi connectivity index (χ0v) is 11.5. The van der Waals surface area contributed by atoms with Crippen molar-refractivity contribution in [3.63, 3.8) is 0 Å². The second kappa shape index (κ2) is 7.22. The molecule has 19 heavy (non-hydrogen) atoms. The van der Waals surface area contributed by atoms with Gasteiger partial charge in [-0.2, -0.15) is 0 Å². The SMILES string of the molecule is CCCS(=O)(=O)NCCc1ccc(C(=O)NO)cc1. The fraction of sp³-hybridized carbons (Fsp3) is 0.417. The molecule has 0 bridgehead atoms. The van der Waals surface area contributed by atoms with Gasteiger partial charge >= 0.3 is 0 Å². The van der Waals surface area contributed by atoms with Crippen LogP contribution in [0.1, 0.15) is 29.3 Å². The maximum atomic E-state index is 11.4. The van der Waals surface area contributed by atoms with Crippen LogP contribution in [0.5, 0.6) is 0 Å². The largest absolute Gasteiger partial charge is 0.288 e. The van der Waals surface area contributed by atoms with Gasteiger partial charge in [0.25, 0.3) is 5.91 Å². The molecule has 7 heteroatoms. The van der Waals surface area contributed by atoms with Crippen molar-refractivity contribution in [3.8, 4) is 0 Å². The molecule has 3 N–H and O–H groups in total. The molecular weight excluding hydrogens is 268 g/mol. The lowest BCUT2D eigenvalue weighted by atomic mass is 10.1. The molecule has 0 heterocycles. The number of amides is 1. The summed E-state index contributed by atoms with van der Waals surface area (Å²) in [6, 6.07) is 6.58. The number of rotatable bonds is 7. The Kier molecular flexibility index (Phi) is 5.94. The van der Waals surface area contributed by atoms with Gasteiger partial charge in [0.1, 0.15) is 0 Å². The molecule has 0 unspecified atom stereocenters. The second-order valence-electron chi connectivity index (χ2n) is 4.10. The number of hydroxylamine groups is 1. The van der Waals surface area contributed by atoms with Gasteiger partial charge in [0.15, 0.2) is 0 Å². The van der Waals surface area contributed by atoms with E-state index in [4.69, 9.17) is 5.21 Å². The molecule has 0 aliphatic rings. The van der Waals surface area contributed by atoms with E-state index >= 15 is 0 Å². The molecule has 0 saturated heterocycles. The van der Waals surface area contributed by atoms with E-state index in [0.29, 0.717) is 24.9 Å². The fourth-order valence-corrected chi connectivity index (χ4v) is 2.67. The van der Waals surface area contributed by atoms with Crippen molar-refractivity contribution < 1.29 is 18.4 Å². The van der Waals surface area contributed by atoms with Crippen molar-refractivity contribution in [3.05, 3.63) is 35.4 Å². The quantitative estimate of drug-likeness (QED) is 0.507. The van der Waals surface area contributed by atoms with Crippen LogP contribution in [0.15, 0.2) is 24.3 Å². The van der Waals surface area contributed by atoms with Gasteiger partial charge in [-0.15, -0.1) is 0 Å². The molecule has 0 aromatic heterocycles. The summed E-state index contributed by atoms with van der Waals surface area (Å²) in [6.07, 6.45) is 1.13. The van der Waals surface area contributed by atoms with Crippen molar-refractivity contribution in [2.75, 3.05) is 12.3 Å². The molecule has 106 valence electrons. The number of carbonyl (C=O) groups excluding carboxylic acids is 1. The molecule has 1 amide bonds. The number of hydrogen-bond donors (Lipinski definition) is 3. The zero-order chi connectivity index (χ0) is 14.3. The van der Waals surface area contributed by atoms with Crippen molar-refractivity contribution in [2.24, 2.45) is 0 Å². The first-order valence-corrected chi connectivity index (χ1v) is 7.64. The Morgan fingerprint density at radius 3 is 2.42 bits per heavy atom. The number of hydrogen-bond acceptors (Lipinski definition) is 4. The van der Waals surface area contributed by atoms with E-state index in [9.17, 15) is 13.2 Å². The van der Waals surface area contributed by atoms with Crippen LogP contribution in [0, 0.1) is 0 Å². The number of nitrogens with one attached hydrogen (secondary N) is 2. The van der Waals surface area contributed by atoms with E-state index in [1.807, 2.05) is 6.92 Å². The summed E-state index contributed by atoms with van der Waals surface area (Å²) in [7, 11) is -3.17. The Morgan fingerprint density at radius 2 is 1.89 bits per heavy atom. The van der Waals surface area contributed by atoms with E-state index < -0.39 is 15.9 Å². The average molecular weight is 286 g/mol. The van der Waals surface area contributed by atoms with E-state index in [2.05, 4.69) is 4.72 Å². The number of carbonyl (C=O) groups is 1. The smallest absolute Gasteiger partial charge is 0.274 e. The second-order valence-corrected chi connectivity index (χ2v) is 6.03. The lowest BCUT2D eigenvalue weighted by Crippen LogP contribution is -2.28. The third-order valence-electron chi connectivity index (χ3n) is 2.53. The molecule has 0 radical (unpaired) electrons. The summed E-state index contributed by atoms with van der Waals surface area (Å²) < 4.78 is 25.3. The lowest BCUT2D eigenvalue weighted by Gasteiger charge is -2.06. The predicted molar refractivity (Wildman–Crippen MR) is 71.5 cm³/mol. The summed E-state index contributed by atoms with van der Waals surface area (Å²) in [5.41, 5.74) is 2.80. The summed E-state index contributed by atoms with van der Waals surface area (Å²) in [5, 5.41) is 8.46. The molecule has 1 aromatic rings. The van der Waals surface area contributed by atoms with Crippen molar-refractivity contribution in [1.29, 1.82) is 0 Å². The predicted octanol–water partition coefficient (Wildman–Crippen LogP) is 0.677. The molecule has 6 nitrogen and oxygen atoms in total. The van der Waals surface area contributed by atoms with E-state index in [0.717, 1.165) is 5.56 Å². The molecular formula is C12H18N2O4S. The van der Waals surface area contributed by atoms with E-state index in [1.54, 1.807) is 29.7 Å². The highest BCUT2D eigenvalue weighted by Crippen LogP contribution is 2.05. The molecule has 0 atom stereocenters. The number of sulfonamides is 1. The van der Waals surface area contributed by atoms with Crippen molar-refractivity contribution >= 4 is 15.9 Å². The minimum atomic E-state index is -3.17.